The minimum atomic E-state index is 0.806. The van der Waals surface area contributed by atoms with Crippen LogP contribution in [0.3, 0.4) is 0 Å². The molecule has 1 aromatic carbocycles. The number of nitrogens with zero attached hydrogens (tertiary/aromatic N) is 3. The van der Waals surface area contributed by atoms with Gasteiger partial charge in [0.1, 0.15) is 6.33 Å². The largest absolute Gasteiger partial charge is 0.380 e. The summed E-state index contributed by atoms with van der Waals surface area (Å²) in [6.07, 6.45) is 1.71. The number of aryl methyl sites for hydroxylation is 1. The number of hydrogen-bond donors (Lipinski definition) is 1. The smallest absolute Gasteiger partial charge is 0.163 e. The molecule has 0 saturated carbocycles. The lowest BCUT2D eigenvalue weighted by Gasteiger charge is -2.07. The van der Waals surface area contributed by atoms with Crippen LogP contribution in [0.5, 0.6) is 0 Å². The highest BCUT2D eigenvalue weighted by Crippen LogP contribution is 2.25. The van der Waals surface area contributed by atoms with Gasteiger partial charge in [-0.1, -0.05) is 12.1 Å². The van der Waals surface area contributed by atoms with Gasteiger partial charge in [0.25, 0.3) is 0 Å². The highest BCUT2D eigenvalue weighted by molar-refractivity contribution is 9.10. The van der Waals surface area contributed by atoms with Gasteiger partial charge in [0.15, 0.2) is 5.82 Å². The average molecular weight is 349 g/mol. The van der Waals surface area contributed by atoms with Crippen LogP contribution < -0.4 is 5.32 Å². The Bertz CT molecular complexity index is 719. The van der Waals surface area contributed by atoms with Crippen LogP contribution in [0.2, 0.25) is 0 Å². The summed E-state index contributed by atoms with van der Waals surface area (Å²) in [6, 6.07) is 10.3. The minimum absolute atomic E-state index is 0.806. The predicted molar refractivity (Wildman–Crippen MR) is 85.8 cm³/mol. The van der Waals surface area contributed by atoms with Gasteiger partial charge in [-0.25, -0.2) is 0 Å². The predicted octanol–water partition coefficient (Wildman–Crippen LogP) is 3.92. The lowest BCUT2D eigenvalue weighted by molar-refractivity contribution is 0.920. The minimum Gasteiger partial charge on any atom is -0.380 e. The fourth-order valence-electron chi connectivity index (χ4n) is 1.95. The summed E-state index contributed by atoms with van der Waals surface area (Å²) in [5, 5.41) is 13.6. The van der Waals surface area contributed by atoms with E-state index in [0.717, 1.165) is 28.1 Å². The van der Waals surface area contributed by atoms with Crippen molar-refractivity contribution < 1.29 is 0 Å². The van der Waals surface area contributed by atoms with E-state index in [1.165, 1.54) is 4.88 Å². The molecule has 0 fully saturated rings. The Morgan fingerprint density at radius 2 is 2.25 bits per heavy atom. The number of benzene rings is 1. The second-order valence-corrected chi connectivity index (χ2v) is 6.25. The lowest BCUT2D eigenvalue weighted by Crippen LogP contribution is -1.98. The summed E-state index contributed by atoms with van der Waals surface area (Å²) >= 11 is 5.28. The third-order valence-corrected chi connectivity index (χ3v) is 4.90. The van der Waals surface area contributed by atoms with Gasteiger partial charge >= 0.3 is 0 Å². The van der Waals surface area contributed by atoms with E-state index in [2.05, 4.69) is 55.0 Å². The Labute approximate surface area is 129 Å². The first-order valence-electron chi connectivity index (χ1n) is 6.14. The fraction of sp³-hybridized carbons (Fsp3) is 0.143. The second kappa shape index (κ2) is 5.76. The molecule has 0 unspecified atom stereocenters. The molecule has 102 valence electrons. The maximum absolute atomic E-state index is 4.13. The first-order valence-corrected chi connectivity index (χ1v) is 7.81. The molecule has 0 aliphatic rings. The maximum atomic E-state index is 4.13. The van der Waals surface area contributed by atoms with E-state index in [-0.39, 0.29) is 0 Å². The molecule has 0 aliphatic carbocycles. The van der Waals surface area contributed by atoms with Crippen LogP contribution in [-0.2, 0) is 13.6 Å². The number of thiophene rings is 1. The number of nitrogens with one attached hydrogen (secondary N) is 1. The van der Waals surface area contributed by atoms with Crippen molar-refractivity contribution >= 4 is 33.0 Å². The van der Waals surface area contributed by atoms with E-state index in [9.17, 15) is 0 Å². The zero-order valence-electron chi connectivity index (χ0n) is 10.9. The third-order valence-electron chi connectivity index (χ3n) is 2.98. The Balaban J connectivity index is 1.78. The summed E-state index contributed by atoms with van der Waals surface area (Å²) in [7, 11) is 1.94. The summed E-state index contributed by atoms with van der Waals surface area (Å²) in [5.74, 6) is 0.867. The van der Waals surface area contributed by atoms with Crippen molar-refractivity contribution in [1.82, 2.24) is 14.8 Å². The lowest BCUT2D eigenvalue weighted by atomic mass is 10.2. The first-order chi connectivity index (χ1) is 9.74. The van der Waals surface area contributed by atoms with Gasteiger partial charge in [-0.3, -0.25) is 0 Å². The van der Waals surface area contributed by atoms with Crippen molar-refractivity contribution in [1.29, 1.82) is 0 Å². The van der Waals surface area contributed by atoms with Crippen molar-refractivity contribution in [3.8, 4) is 11.4 Å². The molecular weight excluding hydrogens is 336 g/mol. The van der Waals surface area contributed by atoms with Gasteiger partial charge in [-0.2, -0.15) is 0 Å². The molecule has 0 aliphatic heterocycles. The SMILES string of the molecule is Cn1cnnc1-c1cccc(NCc2sccc2Br)c1. The number of anilines is 1. The van der Waals surface area contributed by atoms with Crippen LogP contribution in [0.4, 0.5) is 5.69 Å². The second-order valence-electron chi connectivity index (χ2n) is 4.39. The zero-order chi connectivity index (χ0) is 13.9. The zero-order valence-corrected chi connectivity index (χ0v) is 13.3. The molecule has 20 heavy (non-hydrogen) atoms. The van der Waals surface area contributed by atoms with Crippen LogP contribution in [0.15, 0.2) is 46.5 Å². The van der Waals surface area contributed by atoms with Crippen molar-refractivity contribution in [2.75, 3.05) is 5.32 Å². The molecule has 1 N–H and O–H groups in total. The van der Waals surface area contributed by atoms with E-state index in [1.807, 2.05) is 23.7 Å². The van der Waals surface area contributed by atoms with Crippen LogP contribution in [0, 0.1) is 0 Å². The molecule has 0 spiro atoms. The molecule has 0 atom stereocenters. The Morgan fingerprint density at radius 3 is 2.95 bits per heavy atom. The Morgan fingerprint density at radius 1 is 1.35 bits per heavy atom. The van der Waals surface area contributed by atoms with Crippen LogP contribution >= 0.6 is 27.3 Å². The molecule has 2 aromatic heterocycles. The van der Waals surface area contributed by atoms with Gasteiger partial charge in [-0.15, -0.1) is 21.5 Å². The number of hydrogen-bond acceptors (Lipinski definition) is 4. The van der Waals surface area contributed by atoms with Gasteiger partial charge < -0.3 is 9.88 Å². The summed E-state index contributed by atoms with van der Waals surface area (Å²) in [6.45, 7) is 0.806. The maximum Gasteiger partial charge on any atom is 0.163 e. The molecule has 3 rings (SSSR count). The van der Waals surface area contributed by atoms with E-state index in [1.54, 1.807) is 17.7 Å². The number of rotatable bonds is 4. The summed E-state index contributed by atoms with van der Waals surface area (Å²) in [4.78, 5) is 1.29. The van der Waals surface area contributed by atoms with Crippen molar-refractivity contribution in [2.45, 2.75) is 6.54 Å². The standard InChI is InChI=1S/C14H13BrN4S/c1-19-9-17-18-14(19)10-3-2-4-11(7-10)16-8-13-12(15)5-6-20-13/h2-7,9,16H,8H2,1H3. The van der Waals surface area contributed by atoms with Crippen LogP contribution in [0.25, 0.3) is 11.4 Å². The highest BCUT2D eigenvalue weighted by Gasteiger charge is 2.06. The monoisotopic (exact) mass is 348 g/mol. The van der Waals surface area contributed by atoms with Gasteiger partial charge in [-0.05, 0) is 39.5 Å². The van der Waals surface area contributed by atoms with E-state index in [4.69, 9.17) is 0 Å². The summed E-state index contributed by atoms with van der Waals surface area (Å²) in [5.41, 5.74) is 2.13. The van der Waals surface area contributed by atoms with Crippen LogP contribution in [0.1, 0.15) is 4.88 Å². The number of halogens is 1. The van der Waals surface area contributed by atoms with Gasteiger partial charge in [0, 0.05) is 27.6 Å². The molecule has 4 nitrogen and oxygen atoms in total. The molecule has 2 heterocycles. The Hall–Kier alpha value is -1.66. The van der Waals surface area contributed by atoms with Gasteiger partial charge in [0.2, 0.25) is 0 Å². The molecule has 0 radical (unpaired) electrons. The summed E-state index contributed by atoms with van der Waals surface area (Å²) < 4.78 is 3.06. The molecular formula is C14H13BrN4S. The normalized spacial score (nSPS) is 10.7. The molecule has 3 aromatic rings. The van der Waals surface area contributed by atoms with Gasteiger partial charge in [0.05, 0.1) is 6.54 Å². The first kappa shape index (κ1) is 13.3. The molecule has 0 bridgehead atoms. The van der Waals surface area contributed by atoms with E-state index < -0.39 is 0 Å². The van der Waals surface area contributed by atoms with Crippen molar-refractivity contribution in [3.05, 3.63) is 51.4 Å². The third kappa shape index (κ3) is 2.76. The Kier molecular flexibility index (Phi) is 3.84. The van der Waals surface area contributed by atoms with E-state index in [0.29, 0.717) is 0 Å². The quantitative estimate of drug-likeness (QED) is 0.776. The molecule has 6 heteroatoms. The fourth-order valence-corrected chi connectivity index (χ4v) is 3.38. The number of aromatic nitrogens is 3. The van der Waals surface area contributed by atoms with Crippen molar-refractivity contribution in [2.24, 2.45) is 7.05 Å². The topological polar surface area (TPSA) is 42.7 Å². The average Bonchev–Trinajstić information content (AvgIpc) is 3.05. The van der Waals surface area contributed by atoms with E-state index >= 15 is 0 Å². The molecule has 0 saturated heterocycles. The molecule has 0 amide bonds. The highest BCUT2D eigenvalue weighted by atomic mass is 79.9. The van der Waals surface area contributed by atoms with Crippen molar-refractivity contribution in [3.63, 3.8) is 0 Å². The van der Waals surface area contributed by atoms with Crippen LogP contribution in [-0.4, -0.2) is 14.8 Å².